The molecule has 0 amide bonds. The molecule has 3 N–H and O–H groups in total. The zero-order valence-electron chi connectivity index (χ0n) is 10.4. The second kappa shape index (κ2) is 6.51. The highest BCUT2D eigenvalue weighted by molar-refractivity contribution is 7.80. The van der Waals surface area contributed by atoms with Crippen LogP contribution >= 0.6 is 12.2 Å². The highest BCUT2D eigenvalue weighted by Crippen LogP contribution is 2.12. The van der Waals surface area contributed by atoms with Gasteiger partial charge in [0.25, 0.3) is 0 Å². The molecular formula is C12H19N3OS. The fourth-order valence-corrected chi connectivity index (χ4v) is 1.54. The molecule has 0 bridgehead atoms. The van der Waals surface area contributed by atoms with Crippen molar-refractivity contribution >= 4 is 22.9 Å². The molecule has 0 fully saturated rings. The third-order valence-electron chi connectivity index (χ3n) is 2.52. The predicted octanol–water partition coefficient (Wildman–Crippen LogP) is 1.80. The van der Waals surface area contributed by atoms with Crippen LogP contribution in [0, 0.1) is 5.92 Å². The Morgan fingerprint density at radius 3 is 2.65 bits per heavy atom. The molecule has 5 heteroatoms. The molecular weight excluding hydrogens is 234 g/mol. The van der Waals surface area contributed by atoms with Crippen molar-refractivity contribution in [1.82, 2.24) is 4.98 Å². The van der Waals surface area contributed by atoms with Gasteiger partial charge in [-0.25, -0.2) is 0 Å². The van der Waals surface area contributed by atoms with Crippen LogP contribution < -0.4 is 11.1 Å². The summed E-state index contributed by atoms with van der Waals surface area (Å²) in [7, 11) is 1.70. The second-order valence-corrected chi connectivity index (χ2v) is 4.69. The van der Waals surface area contributed by atoms with Gasteiger partial charge in [0.15, 0.2) is 0 Å². The first kappa shape index (κ1) is 13.9. The minimum absolute atomic E-state index is 0.262. The van der Waals surface area contributed by atoms with Crippen LogP contribution in [0.5, 0.6) is 0 Å². The summed E-state index contributed by atoms with van der Waals surface area (Å²) in [5, 5.41) is 3.37. The van der Waals surface area contributed by atoms with Crippen LogP contribution in [0.15, 0.2) is 18.3 Å². The van der Waals surface area contributed by atoms with E-state index in [1.165, 1.54) is 0 Å². The van der Waals surface area contributed by atoms with Crippen LogP contribution in [-0.2, 0) is 4.74 Å². The molecule has 1 atom stereocenters. The van der Waals surface area contributed by atoms with Crippen LogP contribution in [-0.4, -0.2) is 29.7 Å². The lowest BCUT2D eigenvalue weighted by atomic mass is 10.1. The van der Waals surface area contributed by atoms with Crippen LogP contribution in [0.2, 0.25) is 0 Å². The zero-order chi connectivity index (χ0) is 12.8. The molecule has 4 nitrogen and oxygen atoms in total. The fraction of sp³-hybridized carbons (Fsp3) is 0.500. The zero-order valence-corrected chi connectivity index (χ0v) is 11.3. The number of hydrogen-bond acceptors (Lipinski definition) is 4. The molecule has 0 saturated carbocycles. The molecule has 1 unspecified atom stereocenters. The average Bonchev–Trinajstić information content (AvgIpc) is 2.29. The van der Waals surface area contributed by atoms with Crippen molar-refractivity contribution in [1.29, 1.82) is 0 Å². The summed E-state index contributed by atoms with van der Waals surface area (Å²) >= 11 is 4.85. The van der Waals surface area contributed by atoms with Crippen molar-refractivity contribution in [2.24, 2.45) is 11.7 Å². The molecule has 0 spiro atoms. The standard InChI is InChI=1S/C12H19N3OS/c1-8(2)11(7-16-3)15-9-4-5-10(12(13)17)14-6-9/h4-6,8,11,15H,7H2,1-3H3,(H2,13,17). The number of nitrogens with two attached hydrogens (primary N) is 1. The number of thiocarbonyl (C=S) groups is 1. The largest absolute Gasteiger partial charge is 0.388 e. The maximum absolute atomic E-state index is 5.49. The van der Waals surface area contributed by atoms with Crippen molar-refractivity contribution in [2.75, 3.05) is 19.0 Å². The van der Waals surface area contributed by atoms with E-state index in [4.69, 9.17) is 22.7 Å². The third-order valence-corrected chi connectivity index (χ3v) is 2.73. The Bertz CT molecular complexity index is 365. The van der Waals surface area contributed by atoms with E-state index in [0.717, 1.165) is 5.69 Å². The van der Waals surface area contributed by atoms with Crippen LogP contribution in [0.1, 0.15) is 19.5 Å². The number of ether oxygens (including phenoxy) is 1. The SMILES string of the molecule is COCC(Nc1ccc(C(N)=S)nc1)C(C)C. The van der Waals surface area contributed by atoms with E-state index in [9.17, 15) is 0 Å². The van der Waals surface area contributed by atoms with Crippen LogP contribution in [0.3, 0.4) is 0 Å². The molecule has 0 aliphatic carbocycles. The van der Waals surface area contributed by atoms with Gasteiger partial charge in [0.2, 0.25) is 0 Å². The van der Waals surface area contributed by atoms with Gasteiger partial charge in [-0.2, -0.15) is 0 Å². The number of anilines is 1. The van der Waals surface area contributed by atoms with Crippen molar-refractivity contribution in [3.63, 3.8) is 0 Å². The predicted molar refractivity (Wildman–Crippen MR) is 74.2 cm³/mol. The minimum Gasteiger partial charge on any atom is -0.388 e. The third kappa shape index (κ3) is 4.28. The van der Waals surface area contributed by atoms with Crippen molar-refractivity contribution in [3.05, 3.63) is 24.0 Å². The molecule has 0 aliphatic rings. The Labute approximate surface area is 108 Å². The Balaban J connectivity index is 2.69. The van der Waals surface area contributed by atoms with E-state index in [1.54, 1.807) is 13.3 Å². The monoisotopic (exact) mass is 253 g/mol. The fourth-order valence-electron chi connectivity index (χ4n) is 1.42. The first-order valence-corrected chi connectivity index (χ1v) is 5.96. The lowest BCUT2D eigenvalue weighted by molar-refractivity contribution is 0.171. The summed E-state index contributed by atoms with van der Waals surface area (Å²) in [6.45, 7) is 4.95. The Hall–Kier alpha value is -1.20. The van der Waals surface area contributed by atoms with Gasteiger partial charge in [-0.3, -0.25) is 4.98 Å². The number of pyridine rings is 1. The molecule has 0 saturated heterocycles. The highest BCUT2D eigenvalue weighted by atomic mass is 32.1. The van der Waals surface area contributed by atoms with Crippen molar-refractivity contribution in [3.8, 4) is 0 Å². The molecule has 0 aromatic carbocycles. The molecule has 0 aliphatic heterocycles. The van der Waals surface area contributed by atoms with E-state index in [0.29, 0.717) is 23.2 Å². The lowest BCUT2D eigenvalue weighted by Crippen LogP contribution is -2.30. The van der Waals surface area contributed by atoms with Gasteiger partial charge >= 0.3 is 0 Å². The molecule has 1 heterocycles. The van der Waals surface area contributed by atoms with Gasteiger partial charge in [-0.1, -0.05) is 26.1 Å². The summed E-state index contributed by atoms with van der Waals surface area (Å²) < 4.78 is 5.18. The Kier molecular flexibility index (Phi) is 5.31. The quantitative estimate of drug-likeness (QED) is 0.757. The summed E-state index contributed by atoms with van der Waals surface area (Å²) in [5.74, 6) is 0.477. The molecule has 0 radical (unpaired) electrons. The van der Waals surface area contributed by atoms with E-state index in [2.05, 4.69) is 24.1 Å². The molecule has 1 rings (SSSR count). The van der Waals surface area contributed by atoms with Gasteiger partial charge in [0.1, 0.15) is 4.99 Å². The topological polar surface area (TPSA) is 60.2 Å². The number of rotatable bonds is 6. The van der Waals surface area contributed by atoms with Crippen molar-refractivity contribution < 1.29 is 4.74 Å². The summed E-state index contributed by atoms with van der Waals surface area (Å²) in [4.78, 5) is 4.49. The first-order chi connectivity index (χ1) is 8.04. The normalized spacial score (nSPS) is 12.5. The number of methoxy groups -OCH3 is 1. The van der Waals surface area contributed by atoms with Gasteiger partial charge in [0, 0.05) is 7.11 Å². The van der Waals surface area contributed by atoms with Gasteiger partial charge in [-0.15, -0.1) is 0 Å². The maximum Gasteiger partial charge on any atom is 0.122 e. The van der Waals surface area contributed by atoms with E-state index >= 15 is 0 Å². The number of nitrogens with zero attached hydrogens (tertiary/aromatic N) is 1. The smallest absolute Gasteiger partial charge is 0.122 e. The van der Waals surface area contributed by atoms with E-state index in [-0.39, 0.29) is 6.04 Å². The van der Waals surface area contributed by atoms with Gasteiger partial charge in [-0.05, 0) is 18.1 Å². The van der Waals surface area contributed by atoms with Crippen LogP contribution in [0.25, 0.3) is 0 Å². The van der Waals surface area contributed by atoms with E-state index < -0.39 is 0 Å². The summed E-state index contributed by atoms with van der Waals surface area (Å²) in [6, 6.07) is 4.00. The average molecular weight is 253 g/mol. The van der Waals surface area contributed by atoms with Crippen LogP contribution in [0.4, 0.5) is 5.69 Å². The minimum atomic E-state index is 0.262. The molecule has 1 aromatic rings. The lowest BCUT2D eigenvalue weighted by Gasteiger charge is -2.22. The Morgan fingerprint density at radius 1 is 1.53 bits per heavy atom. The molecule has 94 valence electrons. The van der Waals surface area contributed by atoms with E-state index in [1.807, 2.05) is 12.1 Å². The van der Waals surface area contributed by atoms with Crippen molar-refractivity contribution in [2.45, 2.75) is 19.9 Å². The summed E-state index contributed by atoms with van der Waals surface area (Å²) in [5.41, 5.74) is 7.07. The van der Waals surface area contributed by atoms with Gasteiger partial charge in [0.05, 0.1) is 30.2 Å². The second-order valence-electron chi connectivity index (χ2n) is 4.25. The first-order valence-electron chi connectivity index (χ1n) is 5.56. The maximum atomic E-state index is 5.49. The van der Waals surface area contributed by atoms with Gasteiger partial charge < -0.3 is 15.8 Å². The Morgan fingerprint density at radius 2 is 2.24 bits per heavy atom. The molecule has 17 heavy (non-hydrogen) atoms. The number of aromatic nitrogens is 1. The number of hydrogen-bond donors (Lipinski definition) is 2. The highest BCUT2D eigenvalue weighted by Gasteiger charge is 2.12. The number of nitrogens with one attached hydrogen (secondary N) is 1. The molecule has 1 aromatic heterocycles. The summed E-state index contributed by atoms with van der Waals surface area (Å²) in [6.07, 6.45) is 1.74.